The van der Waals surface area contributed by atoms with Crippen LogP contribution in [0.2, 0.25) is 0 Å². The average molecular weight is 307 g/mol. The van der Waals surface area contributed by atoms with Crippen LogP contribution in [0.15, 0.2) is 60.8 Å². The largest absolute Gasteiger partial charge is 0.315 e. The highest BCUT2D eigenvalue weighted by atomic mass is 32.2. The summed E-state index contributed by atoms with van der Waals surface area (Å²) in [5.41, 5.74) is 0. The van der Waals surface area contributed by atoms with Crippen molar-refractivity contribution in [2.45, 2.75) is 45.4 Å². The van der Waals surface area contributed by atoms with E-state index in [0.717, 1.165) is 45.1 Å². The van der Waals surface area contributed by atoms with Crippen LogP contribution in [0.3, 0.4) is 0 Å². The van der Waals surface area contributed by atoms with Crippen molar-refractivity contribution in [3.05, 3.63) is 60.8 Å². The number of allylic oxidation sites excluding steroid dienone is 9. The van der Waals surface area contributed by atoms with E-state index in [9.17, 15) is 0 Å². The van der Waals surface area contributed by atoms with E-state index in [1.54, 1.807) is 0 Å². The lowest BCUT2D eigenvalue weighted by molar-refractivity contribution is 0.385. The smallest absolute Gasteiger partial charge is 0.0648 e. The van der Waals surface area contributed by atoms with E-state index in [0.29, 0.717) is 0 Å². The van der Waals surface area contributed by atoms with Crippen molar-refractivity contribution in [3.63, 3.8) is 0 Å². The topological polar surface area (TPSA) is 9.23 Å². The van der Waals surface area contributed by atoms with E-state index in [4.69, 9.17) is 4.18 Å². The summed E-state index contributed by atoms with van der Waals surface area (Å²) in [5, 5.41) is 0. The van der Waals surface area contributed by atoms with Gasteiger partial charge in [-0.25, -0.2) is 0 Å². The molecule has 0 aliphatic carbocycles. The Morgan fingerprint density at radius 3 is 1.52 bits per heavy atom. The minimum atomic E-state index is 0.797. The molecule has 0 aromatic heterocycles. The molecule has 0 radical (unpaired) electrons. The highest BCUT2D eigenvalue weighted by molar-refractivity contribution is 7.93. The van der Waals surface area contributed by atoms with Crippen LogP contribution in [-0.4, -0.2) is 12.9 Å². The summed E-state index contributed by atoms with van der Waals surface area (Å²) in [6.45, 7) is 2.96. The maximum Gasteiger partial charge on any atom is 0.0648 e. The van der Waals surface area contributed by atoms with Crippen molar-refractivity contribution in [1.82, 2.24) is 0 Å². The van der Waals surface area contributed by atoms with Crippen molar-refractivity contribution in [1.29, 1.82) is 0 Å². The fourth-order valence-electron chi connectivity index (χ4n) is 1.57. The zero-order valence-corrected chi connectivity index (χ0v) is 14.4. The molecule has 0 amide bonds. The van der Waals surface area contributed by atoms with Gasteiger partial charge < -0.3 is 4.18 Å². The van der Waals surface area contributed by atoms with Crippen LogP contribution in [0.5, 0.6) is 0 Å². The minimum absolute atomic E-state index is 0.797. The standard InChI is InChI=1S/C19H30OS/c1-3-4-5-6-7-8-9-10-11-12-13-14-15-16-17-18-19-20-21-2/h4-5,7-8,10-11,13-14,16-17H,3,6,9,12,15,18-19H2,1-2H3/b5-4-,8-7-,11-10-,14-13-,17-16-. The fourth-order valence-corrected chi connectivity index (χ4v) is 1.83. The predicted molar refractivity (Wildman–Crippen MR) is 98.5 cm³/mol. The van der Waals surface area contributed by atoms with Crippen molar-refractivity contribution in [2.75, 3.05) is 12.9 Å². The first-order chi connectivity index (χ1) is 10.4. The number of hydrogen-bond acceptors (Lipinski definition) is 2. The Morgan fingerprint density at radius 2 is 1.10 bits per heavy atom. The molecule has 0 spiro atoms. The normalized spacial score (nSPS) is 13.0. The van der Waals surface area contributed by atoms with E-state index in [-0.39, 0.29) is 0 Å². The van der Waals surface area contributed by atoms with Gasteiger partial charge in [-0.1, -0.05) is 67.7 Å². The van der Waals surface area contributed by atoms with Crippen LogP contribution in [0.4, 0.5) is 0 Å². The molecule has 0 fully saturated rings. The second-order valence-corrected chi connectivity index (χ2v) is 5.05. The van der Waals surface area contributed by atoms with Gasteiger partial charge in [0.15, 0.2) is 0 Å². The Morgan fingerprint density at radius 1 is 0.667 bits per heavy atom. The summed E-state index contributed by atoms with van der Waals surface area (Å²) >= 11 is 1.43. The molecule has 0 N–H and O–H groups in total. The summed E-state index contributed by atoms with van der Waals surface area (Å²) < 4.78 is 5.18. The van der Waals surface area contributed by atoms with Gasteiger partial charge in [-0.05, 0) is 50.6 Å². The second kappa shape index (κ2) is 19.0. The fraction of sp³-hybridized carbons (Fsp3) is 0.474. The molecule has 0 rings (SSSR count). The molecule has 0 saturated heterocycles. The van der Waals surface area contributed by atoms with E-state index >= 15 is 0 Å². The van der Waals surface area contributed by atoms with Crippen LogP contribution < -0.4 is 0 Å². The maximum absolute atomic E-state index is 5.18. The van der Waals surface area contributed by atoms with E-state index in [1.807, 2.05) is 6.26 Å². The SMILES string of the molecule is CC/C=C\C/C=C\C/C=C\C/C=C\C/C=C\CCOSC. The van der Waals surface area contributed by atoms with Crippen molar-refractivity contribution in [3.8, 4) is 0 Å². The third-order valence-electron chi connectivity index (χ3n) is 2.64. The van der Waals surface area contributed by atoms with Crippen LogP contribution in [-0.2, 0) is 4.18 Å². The van der Waals surface area contributed by atoms with E-state index in [1.165, 1.54) is 12.0 Å². The van der Waals surface area contributed by atoms with Gasteiger partial charge in [-0.15, -0.1) is 0 Å². The molecule has 0 aromatic carbocycles. The molecular weight excluding hydrogens is 276 g/mol. The maximum atomic E-state index is 5.18. The monoisotopic (exact) mass is 306 g/mol. The highest BCUT2D eigenvalue weighted by Crippen LogP contribution is 1.98. The first kappa shape index (κ1) is 20.0. The quantitative estimate of drug-likeness (QED) is 0.220. The zero-order valence-electron chi connectivity index (χ0n) is 13.5. The molecule has 0 aliphatic rings. The van der Waals surface area contributed by atoms with Crippen LogP contribution in [0.1, 0.15) is 45.4 Å². The van der Waals surface area contributed by atoms with Crippen molar-refractivity contribution < 1.29 is 4.18 Å². The molecule has 1 nitrogen and oxygen atoms in total. The van der Waals surface area contributed by atoms with Crippen molar-refractivity contribution >= 4 is 12.0 Å². The average Bonchev–Trinajstić information content (AvgIpc) is 2.50. The first-order valence-electron chi connectivity index (χ1n) is 7.82. The zero-order chi connectivity index (χ0) is 15.4. The molecular formula is C19H30OS. The van der Waals surface area contributed by atoms with Gasteiger partial charge in [0.25, 0.3) is 0 Å². The summed E-state index contributed by atoms with van der Waals surface area (Å²) in [6, 6.07) is 0. The molecule has 0 aromatic rings. The summed E-state index contributed by atoms with van der Waals surface area (Å²) in [5.74, 6) is 0. The van der Waals surface area contributed by atoms with Gasteiger partial charge in [-0.2, -0.15) is 0 Å². The summed E-state index contributed by atoms with van der Waals surface area (Å²) in [6.07, 6.45) is 30.3. The van der Waals surface area contributed by atoms with Gasteiger partial charge in [-0.3, -0.25) is 0 Å². The Hall–Kier alpha value is -0.990. The van der Waals surface area contributed by atoms with Crippen LogP contribution in [0, 0.1) is 0 Å². The predicted octanol–water partition coefficient (Wildman–Crippen LogP) is 6.42. The highest BCUT2D eigenvalue weighted by Gasteiger charge is 1.80. The van der Waals surface area contributed by atoms with Crippen LogP contribution >= 0.6 is 12.0 Å². The number of hydrogen-bond donors (Lipinski definition) is 0. The molecule has 21 heavy (non-hydrogen) atoms. The Bertz CT molecular complexity index is 337. The van der Waals surface area contributed by atoms with E-state index < -0.39 is 0 Å². The van der Waals surface area contributed by atoms with Gasteiger partial charge in [0.05, 0.1) is 6.61 Å². The molecule has 0 saturated carbocycles. The summed E-state index contributed by atoms with van der Waals surface area (Å²) in [7, 11) is 0. The third kappa shape index (κ3) is 19.0. The van der Waals surface area contributed by atoms with Gasteiger partial charge in [0.1, 0.15) is 0 Å². The Labute approximate surface area is 135 Å². The van der Waals surface area contributed by atoms with Crippen LogP contribution in [0.25, 0.3) is 0 Å². The molecule has 2 heteroatoms. The molecule has 0 bridgehead atoms. The van der Waals surface area contributed by atoms with Gasteiger partial charge >= 0.3 is 0 Å². The molecule has 0 heterocycles. The van der Waals surface area contributed by atoms with E-state index in [2.05, 4.69) is 67.7 Å². The van der Waals surface area contributed by atoms with Crippen molar-refractivity contribution in [2.24, 2.45) is 0 Å². The Kier molecular flexibility index (Phi) is 18.1. The lowest BCUT2D eigenvalue weighted by Crippen LogP contribution is -1.81. The minimum Gasteiger partial charge on any atom is -0.315 e. The lowest BCUT2D eigenvalue weighted by atomic mass is 10.2. The lowest BCUT2D eigenvalue weighted by Gasteiger charge is -1.92. The first-order valence-corrected chi connectivity index (χ1v) is 8.97. The molecule has 0 unspecified atom stereocenters. The third-order valence-corrected chi connectivity index (χ3v) is 3.05. The van der Waals surface area contributed by atoms with Gasteiger partial charge in [0, 0.05) is 6.26 Å². The molecule has 0 aliphatic heterocycles. The van der Waals surface area contributed by atoms with Gasteiger partial charge in [0.2, 0.25) is 0 Å². The molecule has 0 atom stereocenters. The summed E-state index contributed by atoms with van der Waals surface area (Å²) in [4.78, 5) is 0. The Balaban J connectivity index is 3.41. The molecule has 118 valence electrons. The number of rotatable bonds is 13. The second-order valence-electron chi connectivity index (χ2n) is 4.49.